The maximum Gasteiger partial charge on any atom is 0.323 e. The SMILES string of the molecule is CN(C)c1cc(NC(=O)Nc2cccc(F)c2)c(O)c2c1C[C@H]1C[C@H]3[C@H](N(C)C)C(O)=C(C(N)=O)C(=O)[C@@]3(O)C(O)=C1C2=O. The smallest absolute Gasteiger partial charge is 0.323 e. The van der Waals surface area contributed by atoms with E-state index in [1.807, 2.05) is 0 Å². The summed E-state index contributed by atoms with van der Waals surface area (Å²) >= 11 is 0. The zero-order chi connectivity index (χ0) is 32.4. The molecule has 0 unspecified atom stereocenters. The van der Waals surface area contributed by atoms with Crippen molar-refractivity contribution in [3.05, 3.63) is 69.9 Å². The second-order valence-electron chi connectivity index (χ2n) is 11.6. The monoisotopic (exact) mass is 609 g/mol. The molecule has 13 nitrogen and oxygen atoms in total. The number of phenolic OH excluding ortho intramolecular Hbond substituents is 1. The highest BCUT2D eigenvalue weighted by Crippen LogP contribution is 2.53. The first-order valence-electron chi connectivity index (χ1n) is 13.6. The van der Waals surface area contributed by atoms with E-state index in [1.165, 1.54) is 29.2 Å². The number of halogens is 1. The van der Waals surface area contributed by atoms with Crippen LogP contribution < -0.4 is 21.3 Å². The summed E-state index contributed by atoms with van der Waals surface area (Å²) in [5.74, 6) is -8.32. The Hall–Kier alpha value is -4.95. The lowest BCUT2D eigenvalue weighted by molar-refractivity contribution is -0.148. The molecular weight excluding hydrogens is 577 g/mol. The number of hydrogen-bond donors (Lipinski definition) is 7. The normalized spacial score (nSPS) is 24.5. The zero-order valence-corrected chi connectivity index (χ0v) is 24.3. The van der Waals surface area contributed by atoms with Crippen molar-refractivity contribution in [1.82, 2.24) is 4.90 Å². The van der Waals surface area contributed by atoms with Gasteiger partial charge >= 0.3 is 6.03 Å². The van der Waals surface area contributed by atoms with E-state index >= 15 is 0 Å². The van der Waals surface area contributed by atoms with Crippen LogP contribution >= 0.6 is 0 Å². The number of carbonyl (C=O) groups excluding carboxylic acids is 4. The Bertz CT molecular complexity index is 1700. The highest BCUT2D eigenvalue weighted by atomic mass is 19.1. The Balaban J connectivity index is 1.62. The number of nitrogens with zero attached hydrogens (tertiary/aromatic N) is 2. The van der Waals surface area contributed by atoms with E-state index in [1.54, 1.807) is 33.1 Å². The molecule has 3 aliphatic rings. The Morgan fingerprint density at radius 1 is 1.07 bits per heavy atom. The summed E-state index contributed by atoms with van der Waals surface area (Å²) in [6, 6.07) is 4.64. The second-order valence-corrected chi connectivity index (χ2v) is 11.6. The average Bonchev–Trinajstić information content (AvgIpc) is 2.91. The Labute approximate surface area is 251 Å². The Kier molecular flexibility index (Phi) is 7.38. The van der Waals surface area contributed by atoms with Gasteiger partial charge in [-0.2, -0.15) is 0 Å². The van der Waals surface area contributed by atoms with E-state index in [-0.39, 0.29) is 35.4 Å². The van der Waals surface area contributed by atoms with Gasteiger partial charge in [-0.05, 0) is 62.7 Å². The van der Waals surface area contributed by atoms with E-state index in [0.29, 0.717) is 11.3 Å². The van der Waals surface area contributed by atoms with Gasteiger partial charge in [-0.15, -0.1) is 0 Å². The minimum atomic E-state index is -2.77. The van der Waals surface area contributed by atoms with Crippen LogP contribution in [-0.2, 0) is 16.0 Å². The number of urea groups is 1. The first-order chi connectivity index (χ1) is 20.6. The summed E-state index contributed by atoms with van der Waals surface area (Å²) in [5, 5.41) is 50.3. The lowest BCUT2D eigenvalue weighted by Crippen LogP contribution is -2.63. The number of rotatable bonds is 5. The van der Waals surface area contributed by atoms with Crippen LogP contribution in [0.5, 0.6) is 5.75 Å². The third-order valence-corrected chi connectivity index (χ3v) is 8.51. The van der Waals surface area contributed by atoms with E-state index in [4.69, 9.17) is 5.73 Å². The molecule has 0 fully saturated rings. The number of aromatic hydroxyl groups is 1. The summed E-state index contributed by atoms with van der Waals surface area (Å²) in [5.41, 5.74) is 1.91. The van der Waals surface area contributed by atoms with Gasteiger partial charge in [0.25, 0.3) is 5.91 Å². The van der Waals surface area contributed by atoms with Crippen molar-refractivity contribution in [2.24, 2.45) is 17.6 Å². The predicted octanol–water partition coefficient (Wildman–Crippen LogP) is 1.97. The van der Waals surface area contributed by atoms with Crippen molar-refractivity contribution < 1.29 is 44.0 Å². The molecule has 3 amide bonds. The molecule has 0 radical (unpaired) electrons. The Morgan fingerprint density at radius 3 is 2.34 bits per heavy atom. The van der Waals surface area contributed by atoms with Crippen LogP contribution in [0.1, 0.15) is 22.3 Å². The Morgan fingerprint density at radius 2 is 1.75 bits per heavy atom. The average molecular weight is 610 g/mol. The number of carbonyl (C=O) groups is 4. The number of ketones is 2. The molecule has 0 bridgehead atoms. The molecule has 14 heteroatoms. The number of aliphatic hydroxyl groups excluding tert-OH is 2. The van der Waals surface area contributed by atoms with Gasteiger partial charge in [0.2, 0.25) is 5.78 Å². The molecule has 0 spiro atoms. The maximum atomic E-state index is 14.1. The number of anilines is 3. The summed E-state index contributed by atoms with van der Waals surface area (Å²) < 4.78 is 13.6. The van der Waals surface area contributed by atoms with Crippen LogP contribution in [0.4, 0.5) is 26.2 Å². The highest BCUT2D eigenvalue weighted by molar-refractivity contribution is 6.25. The number of Topliss-reactive ketones (excluding diaryl/α,β-unsaturated/α-hetero) is 2. The minimum Gasteiger partial charge on any atom is -0.510 e. The van der Waals surface area contributed by atoms with Crippen LogP contribution in [-0.4, -0.2) is 88.7 Å². The number of allylic oxidation sites excluding steroid dienone is 1. The van der Waals surface area contributed by atoms with Crippen molar-refractivity contribution in [2.75, 3.05) is 43.7 Å². The van der Waals surface area contributed by atoms with Crippen molar-refractivity contribution in [3.63, 3.8) is 0 Å². The van der Waals surface area contributed by atoms with E-state index in [0.717, 1.165) is 6.07 Å². The summed E-state index contributed by atoms with van der Waals surface area (Å²) in [6.45, 7) is 0. The van der Waals surface area contributed by atoms with Crippen molar-refractivity contribution in [2.45, 2.75) is 24.5 Å². The van der Waals surface area contributed by atoms with E-state index in [9.17, 15) is 44.0 Å². The standard InChI is InChI=1S/C30H32FN5O8/c1-35(2)18-11-17(34-29(43)33-14-7-5-6-13(31)10-14)23(37)20-15(18)8-12-9-16-22(36(3)4)25(39)21(28(32)42)27(41)30(16,44)26(40)19(12)24(20)38/h5-7,10-12,16,22,37,39-40,44H,8-9H2,1-4H3,(H2,32,42)(H2,33,34,43)/t12-,16-,22-,30-/m0/s1. The number of nitrogens with one attached hydrogen (secondary N) is 2. The second kappa shape index (κ2) is 10.6. The molecular formula is C30H32FN5O8. The molecule has 0 aromatic heterocycles. The van der Waals surface area contributed by atoms with Gasteiger partial charge in [-0.25, -0.2) is 9.18 Å². The lowest BCUT2D eigenvalue weighted by Gasteiger charge is -2.50. The number of amides is 3. The molecule has 0 aliphatic heterocycles. The van der Waals surface area contributed by atoms with Crippen LogP contribution in [0.2, 0.25) is 0 Å². The third kappa shape index (κ3) is 4.53. The molecule has 44 heavy (non-hydrogen) atoms. The largest absolute Gasteiger partial charge is 0.510 e. The van der Waals surface area contributed by atoms with Gasteiger partial charge in [0.15, 0.2) is 17.1 Å². The number of fused-ring (bicyclic) bond motifs is 3. The zero-order valence-electron chi connectivity index (χ0n) is 24.3. The van der Waals surface area contributed by atoms with Gasteiger partial charge in [-0.3, -0.25) is 19.3 Å². The number of nitrogens with two attached hydrogens (primary N) is 1. The van der Waals surface area contributed by atoms with Crippen LogP contribution in [0.25, 0.3) is 0 Å². The molecule has 5 rings (SSSR count). The highest BCUT2D eigenvalue weighted by Gasteiger charge is 2.63. The number of hydrogen-bond acceptors (Lipinski definition) is 10. The number of aliphatic hydroxyl groups is 3. The molecule has 2 aromatic rings. The van der Waals surface area contributed by atoms with Crippen molar-refractivity contribution in [3.8, 4) is 5.75 Å². The van der Waals surface area contributed by atoms with Gasteiger partial charge < -0.3 is 41.7 Å². The van der Waals surface area contributed by atoms with Gasteiger partial charge in [0.05, 0.1) is 17.3 Å². The van der Waals surface area contributed by atoms with Crippen LogP contribution in [0.15, 0.2) is 53.0 Å². The number of benzene rings is 2. The molecule has 2 aromatic carbocycles. The summed E-state index contributed by atoms with van der Waals surface area (Å²) in [7, 11) is 6.47. The van der Waals surface area contributed by atoms with E-state index in [2.05, 4.69) is 10.6 Å². The third-order valence-electron chi connectivity index (χ3n) is 8.51. The molecule has 0 saturated carbocycles. The lowest BCUT2D eigenvalue weighted by atomic mass is 9.58. The van der Waals surface area contributed by atoms with Crippen molar-refractivity contribution >= 4 is 40.6 Å². The maximum absolute atomic E-state index is 14.1. The fourth-order valence-electron chi connectivity index (χ4n) is 6.64. The molecule has 232 valence electrons. The first kappa shape index (κ1) is 30.5. The van der Waals surface area contributed by atoms with Gasteiger partial charge in [0, 0.05) is 37.0 Å². The number of likely N-dealkylation sites (N-methyl/N-ethyl adjacent to an activating group) is 1. The van der Waals surface area contributed by atoms with Crippen molar-refractivity contribution in [1.29, 1.82) is 0 Å². The van der Waals surface area contributed by atoms with Gasteiger partial charge in [0.1, 0.15) is 22.9 Å². The fourth-order valence-corrected chi connectivity index (χ4v) is 6.64. The molecule has 0 heterocycles. The molecule has 8 N–H and O–H groups in total. The molecule has 0 saturated heterocycles. The molecule has 4 atom stereocenters. The minimum absolute atomic E-state index is 0.0601. The molecule has 3 aliphatic carbocycles. The first-order valence-corrected chi connectivity index (χ1v) is 13.6. The van der Waals surface area contributed by atoms with Crippen LogP contribution in [0, 0.1) is 17.7 Å². The fraction of sp³-hybridized carbons (Fsp3) is 0.333. The predicted molar refractivity (Wildman–Crippen MR) is 157 cm³/mol. The number of phenols is 1. The summed E-state index contributed by atoms with van der Waals surface area (Å²) in [6.07, 6.45) is 0.0147. The van der Waals surface area contributed by atoms with Gasteiger partial charge in [-0.1, -0.05) is 6.07 Å². The topological polar surface area (TPSA) is 206 Å². The quantitative estimate of drug-likeness (QED) is 0.194. The van der Waals surface area contributed by atoms with E-state index < -0.39 is 75.6 Å². The summed E-state index contributed by atoms with van der Waals surface area (Å²) in [4.78, 5) is 55.6. The number of primary amides is 1. The van der Waals surface area contributed by atoms with Crippen LogP contribution in [0.3, 0.4) is 0 Å².